The van der Waals surface area contributed by atoms with Gasteiger partial charge in [0.05, 0.1) is 0 Å². The Hall–Kier alpha value is -0.870. The Labute approximate surface area is 101 Å². The summed E-state index contributed by atoms with van der Waals surface area (Å²) in [7, 11) is 0. The molecular formula is C12H19NO2S. The highest BCUT2D eigenvalue weighted by Gasteiger charge is 2.21. The molecule has 0 aromatic carbocycles. The number of hydrogen-bond acceptors (Lipinski definition) is 4. The largest absolute Gasteiger partial charge is 0.459 e. The van der Waals surface area contributed by atoms with E-state index >= 15 is 0 Å². The highest BCUT2D eigenvalue weighted by molar-refractivity contribution is 7.09. The molecule has 1 N–H and O–H groups in total. The molecule has 0 fully saturated rings. The smallest absolute Gasteiger partial charge is 0.323 e. The predicted molar refractivity (Wildman–Crippen MR) is 66.5 cm³/mol. The van der Waals surface area contributed by atoms with Crippen molar-refractivity contribution in [1.29, 1.82) is 0 Å². The van der Waals surface area contributed by atoms with E-state index < -0.39 is 5.60 Å². The Balaban J connectivity index is 2.35. The average Bonchev–Trinajstić information content (AvgIpc) is 2.63. The molecule has 0 spiro atoms. The summed E-state index contributed by atoms with van der Waals surface area (Å²) in [4.78, 5) is 12.9. The van der Waals surface area contributed by atoms with E-state index in [0.717, 1.165) is 0 Å². The molecule has 1 heterocycles. The topological polar surface area (TPSA) is 38.3 Å². The molecular weight excluding hydrogens is 222 g/mol. The van der Waals surface area contributed by atoms with E-state index in [-0.39, 0.29) is 12.0 Å². The van der Waals surface area contributed by atoms with Crippen LogP contribution in [0.15, 0.2) is 17.5 Å². The average molecular weight is 241 g/mol. The predicted octanol–water partition coefficient (Wildman–Crippen LogP) is 2.57. The summed E-state index contributed by atoms with van der Waals surface area (Å²) in [5, 5.41) is 5.17. The van der Waals surface area contributed by atoms with Crippen molar-refractivity contribution >= 4 is 17.3 Å². The summed E-state index contributed by atoms with van der Waals surface area (Å²) in [6.07, 6.45) is 0. The lowest BCUT2D eigenvalue weighted by atomic mass is 10.2. The zero-order valence-electron chi connectivity index (χ0n) is 10.2. The van der Waals surface area contributed by atoms with E-state index in [2.05, 4.69) is 5.32 Å². The Bertz CT molecular complexity index is 327. The van der Waals surface area contributed by atoms with E-state index in [1.54, 1.807) is 11.3 Å². The monoisotopic (exact) mass is 241 g/mol. The molecule has 0 radical (unpaired) electrons. The highest BCUT2D eigenvalue weighted by atomic mass is 32.1. The lowest BCUT2D eigenvalue weighted by molar-refractivity contribution is -0.157. The second-order valence-corrected chi connectivity index (χ2v) is 5.75. The maximum absolute atomic E-state index is 11.6. The number of ether oxygens (including phenoxy) is 1. The van der Waals surface area contributed by atoms with Gasteiger partial charge in [-0.25, -0.2) is 0 Å². The molecule has 0 saturated carbocycles. The molecule has 4 heteroatoms. The third kappa shape index (κ3) is 4.77. The molecule has 1 rings (SSSR count). The van der Waals surface area contributed by atoms with Gasteiger partial charge < -0.3 is 4.74 Å². The summed E-state index contributed by atoms with van der Waals surface area (Å²) in [6.45, 7) is 8.14. The fraction of sp³-hybridized carbons (Fsp3) is 0.583. The van der Waals surface area contributed by atoms with Crippen LogP contribution >= 0.6 is 11.3 Å². The van der Waals surface area contributed by atoms with Gasteiger partial charge in [0, 0.05) is 11.4 Å². The molecule has 3 nitrogen and oxygen atoms in total. The number of hydrogen-bond donors (Lipinski definition) is 1. The van der Waals surface area contributed by atoms with Gasteiger partial charge in [-0.15, -0.1) is 11.3 Å². The minimum atomic E-state index is -0.421. The SMILES string of the molecule is C[C@H](NCc1cccs1)C(=O)OC(C)(C)C. The van der Waals surface area contributed by atoms with Crippen molar-refractivity contribution < 1.29 is 9.53 Å². The minimum Gasteiger partial charge on any atom is -0.459 e. The van der Waals surface area contributed by atoms with Crippen LogP contribution in [0.4, 0.5) is 0 Å². The lowest BCUT2D eigenvalue weighted by Crippen LogP contribution is -2.38. The van der Waals surface area contributed by atoms with Gasteiger partial charge >= 0.3 is 5.97 Å². The Kier molecular flexibility index (Phi) is 4.50. The Morgan fingerprint density at radius 2 is 2.25 bits per heavy atom. The molecule has 16 heavy (non-hydrogen) atoms. The van der Waals surface area contributed by atoms with Gasteiger partial charge in [-0.2, -0.15) is 0 Å². The molecule has 1 atom stereocenters. The van der Waals surface area contributed by atoms with Gasteiger partial charge in [0.15, 0.2) is 0 Å². The van der Waals surface area contributed by atoms with Crippen LogP contribution in [0, 0.1) is 0 Å². The van der Waals surface area contributed by atoms with Crippen molar-refractivity contribution in [1.82, 2.24) is 5.32 Å². The number of rotatable bonds is 4. The maximum Gasteiger partial charge on any atom is 0.323 e. The third-order valence-corrected chi connectivity index (χ3v) is 2.80. The molecule has 0 bridgehead atoms. The van der Waals surface area contributed by atoms with Gasteiger partial charge in [-0.3, -0.25) is 10.1 Å². The van der Waals surface area contributed by atoms with E-state index in [1.165, 1.54) is 4.88 Å². The van der Waals surface area contributed by atoms with E-state index in [4.69, 9.17) is 4.74 Å². The molecule has 0 saturated heterocycles. The second-order valence-electron chi connectivity index (χ2n) is 4.72. The summed E-state index contributed by atoms with van der Waals surface area (Å²) in [5.41, 5.74) is -0.421. The van der Waals surface area contributed by atoms with Crippen molar-refractivity contribution in [2.45, 2.75) is 45.9 Å². The number of carbonyl (C=O) groups excluding carboxylic acids is 1. The van der Waals surface area contributed by atoms with Gasteiger partial charge in [-0.05, 0) is 39.1 Å². The second kappa shape index (κ2) is 5.46. The molecule has 0 unspecified atom stereocenters. The van der Waals surface area contributed by atoms with Crippen LogP contribution in [0.5, 0.6) is 0 Å². The zero-order chi connectivity index (χ0) is 12.2. The molecule has 0 aliphatic heterocycles. The van der Waals surface area contributed by atoms with Crippen LogP contribution in [-0.2, 0) is 16.1 Å². The van der Waals surface area contributed by atoms with Crippen LogP contribution in [0.1, 0.15) is 32.6 Å². The highest BCUT2D eigenvalue weighted by Crippen LogP contribution is 2.10. The van der Waals surface area contributed by atoms with Crippen molar-refractivity contribution in [2.24, 2.45) is 0 Å². The molecule has 0 amide bonds. The standard InChI is InChI=1S/C12H19NO2S/c1-9(11(14)15-12(2,3)4)13-8-10-6-5-7-16-10/h5-7,9,13H,8H2,1-4H3/t9-/m0/s1. The fourth-order valence-corrected chi connectivity index (χ4v) is 1.80. The van der Waals surface area contributed by atoms with Crippen LogP contribution in [-0.4, -0.2) is 17.6 Å². The Morgan fingerprint density at radius 1 is 1.56 bits per heavy atom. The first-order valence-corrected chi connectivity index (χ1v) is 6.25. The van der Waals surface area contributed by atoms with Crippen molar-refractivity contribution in [2.75, 3.05) is 0 Å². The number of thiophene rings is 1. The third-order valence-electron chi connectivity index (χ3n) is 1.92. The first kappa shape index (κ1) is 13.2. The molecule has 0 aliphatic carbocycles. The summed E-state index contributed by atoms with van der Waals surface area (Å²) >= 11 is 1.68. The van der Waals surface area contributed by atoms with Crippen LogP contribution in [0.3, 0.4) is 0 Å². The maximum atomic E-state index is 11.6. The lowest BCUT2D eigenvalue weighted by Gasteiger charge is -2.22. The quantitative estimate of drug-likeness (QED) is 0.823. The van der Waals surface area contributed by atoms with Gasteiger partial charge in [0.2, 0.25) is 0 Å². The zero-order valence-corrected chi connectivity index (χ0v) is 11.1. The first-order valence-electron chi connectivity index (χ1n) is 5.37. The minimum absolute atomic E-state index is 0.205. The van der Waals surface area contributed by atoms with Crippen LogP contribution < -0.4 is 5.32 Å². The van der Waals surface area contributed by atoms with Crippen LogP contribution in [0.2, 0.25) is 0 Å². The van der Waals surface area contributed by atoms with Crippen LogP contribution in [0.25, 0.3) is 0 Å². The normalized spacial score (nSPS) is 13.5. The first-order chi connectivity index (χ1) is 7.38. The van der Waals surface area contributed by atoms with E-state index in [9.17, 15) is 4.79 Å². The number of nitrogens with one attached hydrogen (secondary N) is 1. The summed E-state index contributed by atoms with van der Waals surface area (Å²) in [5.74, 6) is -0.205. The number of esters is 1. The summed E-state index contributed by atoms with van der Waals surface area (Å²) < 4.78 is 5.27. The van der Waals surface area contributed by atoms with Crippen molar-refractivity contribution in [3.8, 4) is 0 Å². The fourth-order valence-electron chi connectivity index (χ4n) is 1.14. The van der Waals surface area contributed by atoms with Crippen molar-refractivity contribution in [3.63, 3.8) is 0 Å². The van der Waals surface area contributed by atoms with Gasteiger partial charge in [0.25, 0.3) is 0 Å². The number of carbonyl (C=O) groups is 1. The molecule has 1 aromatic rings. The van der Waals surface area contributed by atoms with Gasteiger partial charge in [0.1, 0.15) is 11.6 Å². The van der Waals surface area contributed by atoms with E-state index in [1.807, 2.05) is 45.2 Å². The molecule has 90 valence electrons. The summed E-state index contributed by atoms with van der Waals surface area (Å²) in [6, 6.07) is 3.76. The molecule has 1 aromatic heterocycles. The van der Waals surface area contributed by atoms with Crippen molar-refractivity contribution in [3.05, 3.63) is 22.4 Å². The van der Waals surface area contributed by atoms with Gasteiger partial charge in [-0.1, -0.05) is 6.07 Å². The Morgan fingerprint density at radius 3 is 2.75 bits per heavy atom. The molecule has 0 aliphatic rings. The van der Waals surface area contributed by atoms with E-state index in [0.29, 0.717) is 6.54 Å².